The molecule has 0 aliphatic rings. The van der Waals surface area contributed by atoms with Crippen LogP contribution < -0.4 is 5.32 Å². The minimum Gasteiger partial charge on any atom is -0.408 e. The number of rotatable bonds is 8. The maximum absolute atomic E-state index is 11.6. The number of aliphatic hydroxyl groups is 1. The summed E-state index contributed by atoms with van der Waals surface area (Å²) in [5.74, 6) is 0.242. The van der Waals surface area contributed by atoms with Crippen molar-refractivity contribution < 1.29 is 14.3 Å². The van der Waals surface area contributed by atoms with Gasteiger partial charge in [0.1, 0.15) is 0 Å². The van der Waals surface area contributed by atoms with Crippen LogP contribution in [0.1, 0.15) is 25.2 Å². The molecule has 0 atom stereocenters. The zero-order valence-electron chi connectivity index (χ0n) is 10.8. The van der Waals surface area contributed by atoms with Gasteiger partial charge in [0.15, 0.2) is 0 Å². The van der Waals surface area contributed by atoms with Gasteiger partial charge in [0, 0.05) is 13.5 Å². The molecule has 0 saturated carbocycles. The van der Waals surface area contributed by atoms with Gasteiger partial charge < -0.3 is 9.52 Å². The number of nitrogens with one attached hydrogen (secondary N) is 1. The molecule has 0 unspecified atom stereocenters. The fourth-order valence-electron chi connectivity index (χ4n) is 1.50. The number of unbranched alkanes of at least 4 members (excludes halogenated alkanes) is 2. The van der Waals surface area contributed by atoms with Gasteiger partial charge in [-0.25, -0.2) is 0 Å². The van der Waals surface area contributed by atoms with Crippen molar-refractivity contribution in [2.45, 2.75) is 26.2 Å². The predicted molar refractivity (Wildman–Crippen MR) is 66.1 cm³/mol. The number of aryl methyl sites for hydroxylation is 1. The summed E-state index contributed by atoms with van der Waals surface area (Å²) in [4.78, 5) is 13.5. The Bertz CT molecular complexity index is 367. The highest BCUT2D eigenvalue weighted by atomic mass is 16.4. The highest BCUT2D eigenvalue weighted by molar-refractivity contribution is 5.90. The molecule has 0 saturated heterocycles. The van der Waals surface area contributed by atoms with Crippen LogP contribution in [0.3, 0.4) is 0 Å². The highest BCUT2D eigenvalue weighted by Gasteiger charge is 2.10. The summed E-state index contributed by atoms with van der Waals surface area (Å²) in [5, 5.41) is 18.5. The van der Waals surface area contributed by atoms with Gasteiger partial charge in [0.25, 0.3) is 0 Å². The third-order valence-corrected chi connectivity index (χ3v) is 2.38. The van der Waals surface area contributed by atoms with Gasteiger partial charge in [0.2, 0.25) is 11.8 Å². The van der Waals surface area contributed by atoms with E-state index in [0.717, 1.165) is 25.8 Å². The highest BCUT2D eigenvalue weighted by Crippen LogP contribution is 2.03. The summed E-state index contributed by atoms with van der Waals surface area (Å²) >= 11 is 0. The lowest BCUT2D eigenvalue weighted by atomic mass is 10.2. The summed E-state index contributed by atoms with van der Waals surface area (Å²) < 4.78 is 5.05. The molecule has 1 rings (SSSR count). The third-order valence-electron chi connectivity index (χ3n) is 2.38. The third kappa shape index (κ3) is 5.74. The Morgan fingerprint density at radius 2 is 2.17 bits per heavy atom. The van der Waals surface area contributed by atoms with Crippen LogP contribution in [0.4, 0.5) is 6.01 Å². The second kappa shape index (κ2) is 7.78. The molecule has 1 heterocycles. The molecule has 0 aliphatic carbocycles. The Labute approximate surface area is 106 Å². The molecule has 0 bridgehead atoms. The molecule has 0 aromatic carbocycles. The Hall–Kier alpha value is -1.47. The van der Waals surface area contributed by atoms with Crippen molar-refractivity contribution in [1.82, 2.24) is 15.1 Å². The van der Waals surface area contributed by atoms with Crippen LogP contribution in [0.15, 0.2) is 4.42 Å². The normalized spacial score (nSPS) is 10.9. The van der Waals surface area contributed by atoms with E-state index >= 15 is 0 Å². The zero-order valence-corrected chi connectivity index (χ0v) is 10.8. The lowest BCUT2D eigenvalue weighted by molar-refractivity contribution is -0.117. The van der Waals surface area contributed by atoms with E-state index in [1.165, 1.54) is 0 Å². The average molecular weight is 256 g/mol. The number of carbonyl (C=O) groups is 1. The molecule has 18 heavy (non-hydrogen) atoms. The van der Waals surface area contributed by atoms with Gasteiger partial charge >= 0.3 is 6.01 Å². The van der Waals surface area contributed by atoms with Crippen LogP contribution in [0.25, 0.3) is 0 Å². The maximum Gasteiger partial charge on any atom is 0.322 e. The van der Waals surface area contributed by atoms with E-state index in [2.05, 4.69) is 15.5 Å². The van der Waals surface area contributed by atoms with Crippen LogP contribution in [0.2, 0.25) is 0 Å². The van der Waals surface area contributed by atoms with E-state index in [-0.39, 0.29) is 25.1 Å². The number of hydrogen-bond donors (Lipinski definition) is 2. The monoisotopic (exact) mass is 256 g/mol. The van der Waals surface area contributed by atoms with Gasteiger partial charge in [0.05, 0.1) is 6.54 Å². The number of amides is 1. The smallest absolute Gasteiger partial charge is 0.322 e. The number of likely N-dealkylation sites (N-methyl/N-ethyl adjacent to an activating group) is 1. The number of nitrogens with zero attached hydrogens (tertiary/aromatic N) is 3. The second-order valence-electron chi connectivity index (χ2n) is 4.20. The van der Waals surface area contributed by atoms with Gasteiger partial charge in [-0.15, -0.1) is 5.10 Å². The summed E-state index contributed by atoms with van der Waals surface area (Å²) in [6.45, 7) is 2.98. The lowest BCUT2D eigenvalue weighted by Crippen LogP contribution is -2.31. The first-order valence-corrected chi connectivity index (χ1v) is 6.01. The summed E-state index contributed by atoms with van der Waals surface area (Å²) in [5.41, 5.74) is 0. The Morgan fingerprint density at radius 3 is 2.78 bits per heavy atom. The standard InChI is InChI=1S/C11H20N4O3/c1-9-13-14-11(18-9)12-10(17)8-15(2)6-4-3-5-7-16/h16H,3-8H2,1-2H3,(H,12,14,17). The van der Waals surface area contributed by atoms with E-state index in [1.54, 1.807) is 6.92 Å². The summed E-state index contributed by atoms with van der Waals surface area (Å²) in [6, 6.07) is 0.131. The lowest BCUT2D eigenvalue weighted by Gasteiger charge is -2.14. The van der Waals surface area contributed by atoms with Crippen molar-refractivity contribution in [3.05, 3.63) is 5.89 Å². The molecule has 7 nitrogen and oxygen atoms in total. The molecule has 0 radical (unpaired) electrons. The molecular weight excluding hydrogens is 236 g/mol. The number of anilines is 1. The van der Waals surface area contributed by atoms with Crippen molar-refractivity contribution in [3.8, 4) is 0 Å². The number of hydrogen-bond acceptors (Lipinski definition) is 6. The molecule has 0 fully saturated rings. The van der Waals surface area contributed by atoms with Crippen LogP contribution in [0.5, 0.6) is 0 Å². The molecule has 0 aliphatic heterocycles. The van der Waals surface area contributed by atoms with Gasteiger partial charge in [-0.1, -0.05) is 5.10 Å². The van der Waals surface area contributed by atoms with Crippen molar-refractivity contribution in [1.29, 1.82) is 0 Å². The van der Waals surface area contributed by atoms with E-state index in [1.807, 2.05) is 11.9 Å². The first kappa shape index (κ1) is 14.6. The minimum absolute atomic E-state index is 0.131. The minimum atomic E-state index is -0.177. The average Bonchev–Trinajstić information content (AvgIpc) is 2.70. The fraction of sp³-hybridized carbons (Fsp3) is 0.727. The molecule has 0 spiro atoms. The van der Waals surface area contributed by atoms with E-state index in [0.29, 0.717) is 5.89 Å². The predicted octanol–water partition coefficient (Wildman–Crippen LogP) is 0.411. The van der Waals surface area contributed by atoms with Crippen LogP contribution in [-0.4, -0.2) is 52.9 Å². The Morgan fingerprint density at radius 1 is 1.39 bits per heavy atom. The topological polar surface area (TPSA) is 91.5 Å². The van der Waals surface area contributed by atoms with Crippen LogP contribution in [0, 0.1) is 6.92 Å². The molecule has 1 aromatic heterocycles. The summed E-state index contributed by atoms with van der Waals surface area (Å²) in [6.07, 6.45) is 2.73. The Kier molecular flexibility index (Phi) is 6.31. The number of carbonyl (C=O) groups excluding carboxylic acids is 1. The van der Waals surface area contributed by atoms with E-state index in [4.69, 9.17) is 9.52 Å². The molecule has 1 amide bonds. The van der Waals surface area contributed by atoms with E-state index in [9.17, 15) is 4.79 Å². The number of aliphatic hydroxyl groups excluding tert-OH is 1. The van der Waals surface area contributed by atoms with Gasteiger partial charge in [-0.05, 0) is 32.9 Å². The van der Waals surface area contributed by atoms with Crippen molar-refractivity contribution in [3.63, 3.8) is 0 Å². The van der Waals surface area contributed by atoms with Crippen molar-refractivity contribution in [2.24, 2.45) is 0 Å². The molecule has 2 N–H and O–H groups in total. The molecule has 1 aromatic rings. The molecule has 7 heteroatoms. The van der Waals surface area contributed by atoms with Gasteiger partial charge in [-0.3, -0.25) is 15.0 Å². The fourth-order valence-corrected chi connectivity index (χ4v) is 1.50. The van der Waals surface area contributed by atoms with Crippen LogP contribution in [-0.2, 0) is 4.79 Å². The largest absolute Gasteiger partial charge is 0.408 e. The van der Waals surface area contributed by atoms with Crippen LogP contribution >= 0.6 is 0 Å². The molecular formula is C11H20N4O3. The number of aromatic nitrogens is 2. The van der Waals surface area contributed by atoms with E-state index < -0.39 is 0 Å². The maximum atomic E-state index is 11.6. The quantitative estimate of drug-likeness (QED) is 0.655. The second-order valence-corrected chi connectivity index (χ2v) is 4.20. The summed E-state index contributed by atoms with van der Waals surface area (Å²) in [7, 11) is 1.87. The SMILES string of the molecule is Cc1nnc(NC(=O)CN(C)CCCCCO)o1. The van der Waals surface area contributed by atoms with Gasteiger partial charge in [-0.2, -0.15) is 0 Å². The first-order valence-electron chi connectivity index (χ1n) is 6.01. The zero-order chi connectivity index (χ0) is 13.4. The first-order chi connectivity index (χ1) is 8.61. The van der Waals surface area contributed by atoms with Crippen molar-refractivity contribution >= 4 is 11.9 Å². The Balaban J connectivity index is 2.19. The van der Waals surface area contributed by atoms with Crippen molar-refractivity contribution in [2.75, 3.05) is 32.1 Å². The molecule has 102 valence electrons.